The molecule has 1 amide bonds. The third-order valence-electron chi connectivity index (χ3n) is 4.05. The summed E-state index contributed by atoms with van der Waals surface area (Å²) in [6.45, 7) is 2.25. The predicted octanol–water partition coefficient (Wildman–Crippen LogP) is 2.71. The fraction of sp³-hybridized carbons (Fsp3) is 0.500. The van der Waals surface area contributed by atoms with Crippen molar-refractivity contribution in [1.82, 2.24) is 9.55 Å². The number of benzene rings is 1. The maximum atomic E-state index is 11.7. The molecule has 2 aromatic rings. The molecule has 1 aliphatic carbocycles. The summed E-state index contributed by atoms with van der Waals surface area (Å²) in [4.78, 5) is 16.1. The van der Waals surface area contributed by atoms with Crippen LogP contribution in [0.25, 0.3) is 11.0 Å². The normalized spacial score (nSPS) is 14.3. The Bertz CT molecular complexity index is 704. The number of nitrogens with zero attached hydrogens (tertiary/aromatic N) is 2. The summed E-state index contributed by atoms with van der Waals surface area (Å²) >= 11 is 0. The standard InChI is InChI=1S/C16H21N3O3/c1-3-22-16-18-13-12(19(16)15(17)20)9-8-11(14(13)21-2)7-6-10-4-5-10/h8-10H,3-7H2,1-2H3,(H2,17,20). The minimum absolute atomic E-state index is 0.211. The number of carbonyl (C=O) groups excluding carboxylic acids is 1. The molecule has 1 heterocycles. The molecule has 1 aliphatic rings. The van der Waals surface area contributed by atoms with Crippen molar-refractivity contribution in [2.75, 3.05) is 13.7 Å². The molecule has 1 aromatic heterocycles. The van der Waals surface area contributed by atoms with Crippen LogP contribution < -0.4 is 15.2 Å². The lowest BCUT2D eigenvalue weighted by molar-refractivity contribution is 0.243. The van der Waals surface area contributed by atoms with Crippen LogP contribution in [0.2, 0.25) is 0 Å². The van der Waals surface area contributed by atoms with Crippen molar-refractivity contribution in [3.05, 3.63) is 17.7 Å². The Balaban J connectivity index is 2.07. The van der Waals surface area contributed by atoms with Gasteiger partial charge in [-0.15, -0.1) is 0 Å². The average Bonchev–Trinajstić information content (AvgIpc) is 3.24. The Hall–Kier alpha value is -2.24. The van der Waals surface area contributed by atoms with Crippen molar-refractivity contribution in [2.45, 2.75) is 32.6 Å². The molecule has 0 atom stereocenters. The van der Waals surface area contributed by atoms with Gasteiger partial charge in [0.25, 0.3) is 0 Å². The molecule has 22 heavy (non-hydrogen) atoms. The summed E-state index contributed by atoms with van der Waals surface area (Å²) in [5, 5.41) is 0. The summed E-state index contributed by atoms with van der Waals surface area (Å²) in [6, 6.07) is 3.45. The van der Waals surface area contributed by atoms with Crippen LogP contribution in [0, 0.1) is 5.92 Å². The van der Waals surface area contributed by atoms with Crippen molar-refractivity contribution in [3.63, 3.8) is 0 Å². The van der Waals surface area contributed by atoms with Gasteiger partial charge in [0, 0.05) is 0 Å². The minimum atomic E-state index is -0.612. The monoisotopic (exact) mass is 303 g/mol. The Labute approximate surface area is 129 Å². The topological polar surface area (TPSA) is 79.4 Å². The summed E-state index contributed by atoms with van der Waals surface area (Å²) < 4.78 is 12.3. The largest absolute Gasteiger partial charge is 0.494 e. The van der Waals surface area contributed by atoms with Crippen LogP contribution in [0.3, 0.4) is 0 Å². The second-order valence-electron chi connectivity index (χ2n) is 5.61. The maximum absolute atomic E-state index is 11.7. The quantitative estimate of drug-likeness (QED) is 0.890. The van der Waals surface area contributed by atoms with E-state index in [2.05, 4.69) is 4.98 Å². The fourth-order valence-corrected chi connectivity index (χ4v) is 2.77. The molecular weight excluding hydrogens is 282 g/mol. The lowest BCUT2D eigenvalue weighted by Crippen LogP contribution is -2.20. The van der Waals surface area contributed by atoms with Crippen LogP contribution in [0.15, 0.2) is 12.1 Å². The van der Waals surface area contributed by atoms with Gasteiger partial charge in [0.2, 0.25) is 0 Å². The molecule has 1 saturated carbocycles. The first-order valence-corrected chi connectivity index (χ1v) is 7.66. The van der Waals surface area contributed by atoms with Crippen molar-refractivity contribution < 1.29 is 14.3 Å². The van der Waals surface area contributed by atoms with E-state index in [9.17, 15) is 4.79 Å². The number of hydrogen-bond acceptors (Lipinski definition) is 4. The van der Waals surface area contributed by atoms with Gasteiger partial charge < -0.3 is 15.2 Å². The number of imidazole rings is 1. The molecule has 0 unspecified atom stereocenters. The summed E-state index contributed by atoms with van der Waals surface area (Å²) in [5.74, 6) is 1.56. The molecule has 1 aromatic carbocycles. The highest BCUT2D eigenvalue weighted by Crippen LogP contribution is 2.37. The predicted molar refractivity (Wildman–Crippen MR) is 83.5 cm³/mol. The third-order valence-corrected chi connectivity index (χ3v) is 4.05. The smallest absolute Gasteiger partial charge is 0.327 e. The van der Waals surface area contributed by atoms with Crippen LogP contribution in [-0.4, -0.2) is 29.3 Å². The first-order valence-electron chi connectivity index (χ1n) is 7.66. The van der Waals surface area contributed by atoms with Crippen LogP contribution in [0.4, 0.5) is 4.79 Å². The van der Waals surface area contributed by atoms with E-state index in [1.165, 1.54) is 17.4 Å². The number of aryl methyl sites for hydroxylation is 1. The lowest BCUT2D eigenvalue weighted by atomic mass is 10.1. The Morgan fingerprint density at radius 1 is 1.45 bits per heavy atom. The van der Waals surface area contributed by atoms with Crippen LogP contribution in [0.1, 0.15) is 31.7 Å². The van der Waals surface area contributed by atoms with Gasteiger partial charge in [0.15, 0.2) is 0 Å². The number of aromatic nitrogens is 2. The molecule has 1 fully saturated rings. The number of hydrogen-bond donors (Lipinski definition) is 1. The number of ether oxygens (including phenoxy) is 2. The third kappa shape index (κ3) is 2.61. The molecule has 3 rings (SSSR count). The van der Waals surface area contributed by atoms with Crippen molar-refractivity contribution >= 4 is 17.1 Å². The molecular formula is C16H21N3O3. The van der Waals surface area contributed by atoms with Gasteiger partial charge in [-0.1, -0.05) is 18.9 Å². The highest BCUT2D eigenvalue weighted by molar-refractivity contribution is 5.93. The van der Waals surface area contributed by atoms with E-state index >= 15 is 0 Å². The minimum Gasteiger partial charge on any atom is -0.494 e. The van der Waals surface area contributed by atoms with E-state index in [1.54, 1.807) is 7.11 Å². The van der Waals surface area contributed by atoms with E-state index < -0.39 is 6.03 Å². The Morgan fingerprint density at radius 3 is 2.82 bits per heavy atom. The first-order chi connectivity index (χ1) is 10.7. The number of rotatable bonds is 6. The summed E-state index contributed by atoms with van der Waals surface area (Å²) in [6.07, 6.45) is 4.78. The highest BCUT2D eigenvalue weighted by atomic mass is 16.5. The van der Waals surface area contributed by atoms with Crippen LogP contribution >= 0.6 is 0 Å². The molecule has 6 heteroatoms. The number of carbonyl (C=O) groups is 1. The fourth-order valence-electron chi connectivity index (χ4n) is 2.77. The SMILES string of the molecule is CCOc1nc2c(OC)c(CCC3CC3)ccc2n1C(N)=O. The van der Waals surface area contributed by atoms with E-state index in [-0.39, 0.29) is 6.01 Å². The van der Waals surface area contributed by atoms with Crippen molar-refractivity contribution in [3.8, 4) is 11.8 Å². The zero-order valence-corrected chi connectivity index (χ0v) is 13.0. The molecule has 0 radical (unpaired) electrons. The van der Waals surface area contributed by atoms with Crippen molar-refractivity contribution in [2.24, 2.45) is 11.7 Å². The number of primary amides is 1. The van der Waals surface area contributed by atoms with Gasteiger partial charge in [0.05, 0.1) is 19.2 Å². The molecule has 0 aliphatic heterocycles. The first kappa shape index (κ1) is 14.7. The zero-order chi connectivity index (χ0) is 15.7. The lowest BCUT2D eigenvalue weighted by Gasteiger charge is -2.09. The molecule has 6 nitrogen and oxygen atoms in total. The Kier molecular flexibility index (Phi) is 3.92. The van der Waals surface area contributed by atoms with Crippen LogP contribution in [0.5, 0.6) is 11.8 Å². The van der Waals surface area contributed by atoms with E-state index in [1.807, 2.05) is 19.1 Å². The summed E-state index contributed by atoms with van der Waals surface area (Å²) in [7, 11) is 1.62. The molecule has 0 spiro atoms. The van der Waals surface area contributed by atoms with Crippen molar-refractivity contribution in [1.29, 1.82) is 0 Å². The molecule has 0 saturated heterocycles. The van der Waals surface area contributed by atoms with Crippen LogP contribution in [-0.2, 0) is 6.42 Å². The van der Waals surface area contributed by atoms with Gasteiger partial charge in [-0.3, -0.25) is 0 Å². The molecule has 0 bridgehead atoms. The van der Waals surface area contributed by atoms with Gasteiger partial charge in [-0.25, -0.2) is 9.36 Å². The summed E-state index contributed by atoms with van der Waals surface area (Å²) in [5.41, 5.74) is 7.80. The van der Waals surface area contributed by atoms with E-state index in [0.29, 0.717) is 23.4 Å². The molecule has 118 valence electrons. The second-order valence-corrected chi connectivity index (χ2v) is 5.61. The zero-order valence-electron chi connectivity index (χ0n) is 13.0. The number of nitrogens with two attached hydrogens (primary N) is 1. The van der Waals surface area contributed by atoms with Gasteiger partial charge in [-0.05, 0) is 37.3 Å². The second kappa shape index (κ2) is 5.87. The van der Waals surface area contributed by atoms with Gasteiger partial charge >= 0.3 is 12.0 Å². The van der Waals surface area contributed by atoms with E-state index in [4.69, 9.17) is 15.2 Å². The average molecular weight is 303 g/mol. The Morgan fingerprint density at radius 2 is 2.23 bits per heavy atom. The molecule has 2 N–H and O–H groups in total. The maximum Gasteiger partial charge on any atom is 0.327 e. The highest BCUT2D eigenvalue weighted by Gasteiger charge is 2.24. The number of fused-ring (bicyclic) bond motifs is 1. The van der Waals surface area contributed by atoms with Gasteiger partial charge in [-0.2, -0.15) is 4.98 Å². The number of amides is 1. The number of methoxy groups -OCH3 is 1. The van der Waals surface area contributed by atoms with Gasteiger partial charge in [0.1, 0.15) is 11.3 Å². The van der Waals surface area contributed by atoms with E-state index in [0.717, 1.165) is 24.3 Å².